The molecule has 0 bridgehead atoms. The highest BCUT2D eigenvalue weighted by Gasteiger charge is 2.11. The van der Waals surface area contributed by atoms with Crippen molar-refractivity contribution in [3.8, 4) is 5.75 Å². The Hall–Kier alpha value is -1.95. The van der Waals surface area contributed by atoms with Crippen LogP contribution in [-0.2, 0) is 14.3 Å². The molecule has 0 spiro atoms. The largest absolute Gasteiger partial charge is 0.425 e. The van der Waals surface area contributed by atoms with E-state index in [4.69, 9.17) is 19.3 Å². The van der Waals surface area contributed by atoms with Crippen LogP contribution in [0.25, 0.3) is 10.8 Å². The molecule has 132 valence electrons. The van der Waals surface area contributed by atoms with Crippen molar-refractivity contribution in [2.45, 2.75) is 40.1 Å². The molecule has 2 aromatic rings. The number of hydrogen-bond donors (Lipinski definition) is 1. The molecule has 0 aliphatic rings. The van der Waals surface area contributed by atoms with Gasteiger partial charge in [-0.3, -0.25) is 0 Å². The first-order valence-electron chi connectivity index (χ1n) is 8.09. The summed E-state index contributed by atoms with van der Waals surface area (Å²) in [7, 11) is 0. The molecule has 1 unspecified atom stereocenters. The van der Waals surface area contributed by atoms with E-state index in [9.17, 15) is 4.79 Å². The first-order chi connectivity index (χ1) is 11.5. The van der Waals surface area contributed by atoms with Crippen molar-refractivity contribution in [1.29, 1.82) is 0 Å². The molecular weight excluding hydrogens is 308 g/mol. The van der Waals surface area contributed by atoms with Crippen molar-refractivity contribution in [3.63, 3.8) is 0 Å². The van der Waals surface area contributed by atoms with Crippen molar-refractivity contribution in [1.82, 2.24) is 0 Å². The molecule has 1 atom stereocenters. The number of carbonyl (C=O) groups excluding carboxylic acids is 1. The van der Waals surface area contributed by atoms with Crippen molar-refractivity contribution in [2.75, 3.05) is 13.2 Å². The molecule has 1 N–H and O–H groups in total. The van der Waals surface area contributed by atoms with Crippen LogP contribution in [0.5, 0.6) is 5.75 Å². The summed E-state index contributed by atoms with van der Waals surface area (Å²) >= 11 is 0. The maximum absolute atomic E-state index is 11.2. The molecule has 24 heavy (non-hydrogen) atoms. The summed E-state index contributed by atoms with van der Waals surface area (Å²) in [4.78, 5) is 11.2. The third kappa shape index (κ3) is 7.08. The number of rotatable bonds is 6. The summed E-state index contributed by atoms with van der Waals surface area (Å²) in [5.41, 5.74) is 0. The fourth-order valence-corrected chi connectivity index (χ4v) is 1.95. The normalized spacial score (nSPS) is 11.8. The Labute approximate surface area is 143 Å². The number of hydrogen-bond acceptors (Lipinski definition) is 5. The van der Waals surface area contributed by atoms with Crippen LogP contribution >= 0.6 is 0 Å². The number of benzene rings is 2. The number of ether oxygens (including phenoxy) is 3. The van der Waals surface area contributed by atoms with Crippen LogP contribution in [0.3, 0.4) is 0 Å². The van der Waals surface area contributed by atoms with Gasteiger partial charge >= 0.3 is 5.97 Å². The minimum atomic E-state index is -1.11. The van der Waals surface area contributed by atoms with E-state index in [2.05, 4.69) is 0 Å². The lowest BCUT2D eigenvalue weighted by molar-refractivity contribution is -0.142. The lowest BCUT2D eigenvalue weighted by atomic mass is 10.1. The van der Waals surface area contributed by atoms with Crippen molar-refractivity contribution >= 4 is 16.7 Å². The number of aliphatic hydroxyl groups excluding tert-OH is 1. The van der Waals surface area contributed by atoms with E-state index in [-0.39, 0.29) is 6.29 Å². The first-order valence-corrected chi connectivity index (χ1v) is 8.09. The molecule has 0 saturated heterocycles. The van der Waals surface area contributed by atoms with Gasteiger partial charge in [0.1, 0.15) is 11.9 Å². The van der Waals surface area contributed by atoms with Gasteiger partial charge in [-0.05, 0) is 50.6 Å². The second kappa shape index (κ2) is 10.8. The zero-order valence-corrected chi connectivity index (χ0v) is 14.7. The van der Waals surface area contributed by atoms with Crippen LogP contribution in [0, 0.1) is 0 Å². The van der Waals surface area contributed by atoms with Crippen LogP contribution in [-0.4, -0.2) is 36.7 Å². The highest BCUT2D eigenvalue weighted by Crippen LogP contribution is 2.20. The van der Waals surface area contributed by atoms with Gasteiger partial charge in [0, 0.05) is 13.2 Å². The lowest BCUT2D eigenvalue weighted by Crippen LogP contribution is -2.22. The average Bonchev–Trinajstić information content (AvgIpc) is 2.55. The lowest BCUT2D eigenvalue weighted by Gasteiger charge is -2.09. The van der Waals surface area contributed by atoms with E-state index in [1.807, 2.05) is 51.1 Å². The van der Waals surface area contributed by atoms with Gasteiger partial charge < -0.3 is 19.3 Å². The van der Waals surface area contributed by atoms with Crippen LogP contribution < -0.4 is 4.74 Å². The fraction of sp³-hybridized carbons (Fsp3) is 0.421. The Morgan fingerprint density at radius 3 is 2.12 bits per heavy atom. The maximum atomic E-state index is 11.2. The van der Waals surface area contributed by atoms with Gasteiger partial charge in [0.2, 0.25) is 0 Å². The van der Waals surface area contributed by atoms with Gasteiger partial charge in [-0.1, -0.05) is 30.3 Å². The molecule has 0 fully saturated rings. The van der Waals surface area contributed by atoms with Crippen LogP contribution in [0.15, 0.2) is 42.5 Å². The van der Waals surface area contributed by atoms with Crippen molar-refractivity contribution in [2.24, 2.45) is 0 Å². The number of carbonyl (C=O) groups is 1. The summed E-state index contributed by atoms with van der Waals surface area (Å²) in [6.45, 7) is 8.63. The zero-order chi connectivity index (χ0) is 17.9. The molecule has 0 saturated carbocycles. The Balaban J connectivity index is 0.000000307. The van der Waals surface area contributed by atoms with Gasteiger partial charge in [-0.15, -0.1) is 0 Å². The maximum Gasteiger partial charge on any atom is 0.340 e. The number of fused-ring (bicyclic) bond motifs is 1. The Morgan fingerprint density at radius 2 is 1.58 bits per heavy atom. The van der Waals surface area contributed by atoms with Gasteiger partial charge in [0.25, 0.3) is 0 Å². The smallest absolute Gasteiger partial charge is 0.340 e. The van der Waals surface area contributed by atoms with E-state index in [0.717, 1.165) is 24.0 Å². The van der Waals surface area contributed by atoms with Crippen LogP contribution in [0.4, 0.5) is 0 Å². The third-order valence-corrected chi connectivity index (χ3v) is 3.08. The highest BCUT2D eigenvalue weighted by molar-refractivity contribution is 5.85. The van der Waals surface area contributed by atoms with E-state index >= 15 is 0 Å². The molecule has 0 aromatic heterocycles. The van der Waals surface area contributed by atoms with E-state index < -0.39 is 12.1 Å². The monoisotopic (exact) mass is 334 g/mol. The summed E-state index contributed by atoms with van der Waals surface area (Å²) in [6, 6.07) is 13.1. The predicted molar refractivity (Wildman–Crippen MR) is 94.0 cm³/mol. The molecule has 0 amide bonds. The minimum Gasteiger partial charge on any atom is -0.425 e. The Morgan fingerprint density at radius 1 is 1.00 bits per heavy atom. The molecule has 5 nitrogen and oxygen atoms in total. The van der Waals surface area contributed by atoms with Gasteiger partial charge in [-0.2, -0.15) is 0 Å². The molecule has 0 heterocycles. The van der Waals surface area contributed by atoms with Crippen LogP contribution in [0.1, 0.15) is 27.7 Å². The van der Waals surface area contributed by atoms with Gasteiger partial charge in [0.05, 0.1) is 0 Å². The van der Waals surface area contributed by atoms with Crippen LogP contribution in [0.2, 0.25) is 0 Å². The van der Waals surface area contributed by atoms with Crippen molar-refractivity contribution in [3.05, 3.63) is 42.5 Å². The second-order valence-electron chi connectivity index (χ2n) is 5.08. The quantitative estimate of drug-likeness (QED) is 0.497. The number of aliphatic hydroxyl groups is 1. The minimum absolute atomic E-state index is 0.0370. The second-order valence-corrected chi connectivity index (χ2v) is 5.08. The fourth-order valence-electron chi connectivity index (χ4n) is 1.95. The SMILES string of the molecule is CC(O)C(=O)Oc1ccc2ccccc2c1.CCOC(C)OCC. The molecular formula is C19H26O5. The van der Waals surface area contributed by atoms with Gasteiger partial charge in [-0.25, -0.2) is 4.79 Å². The standard InChI is InChI=1S/C13H12O3.C6H14O2/c1-9(14)13(15)16-12-7-6-10-4-2-3-5-11(10)8-12;1-4-7-6(3)8-5-2/h2-9,14H,1H3;6H,4-5H2,1-3H3. The summed E-state index contributed by atoms with van der Waals surface area (Å²) in [5.74, 6) is -0.195. The summed E-state index contributed by atoms with van der Waals surface area (Å²) < 4.78 is 15.1. The summed E-state index contributed by atoms with van der Waals surface area (Å²) in [5, 5.41) is 11.1. The summed E-state index contributed by atoms with van der Waals surface area (Å²) in [6.07, 6.45) is -1.14. The molecule has 2 aromatic carbocycles. The Kier molecular flexibility index (Phi) is 9.01. The Bertz CT molecular complexity index is 618. The zero-order valence-electron chi connectivity index (χ0n) is 14.7. The molecule has 2 rings (SSSR count). The highest BCUT2D eigenvalue weighted by atomic mass is 16.7. The molecule has 0 aliphatic heterocycles. The topological polar surface area (TPSA) is 65.0 Å². The first kappa shape index (κ1) is 20.1. The third-order valence-electron chi connectivity index (χ3n) is 3.08. The molecule has 0 radical (unpaired) electrons. The molecule has 0 aliphatic carbocycles. The van der Waals surface area contributed by atoms with E-state index in [1.165, 1.54) is 6.92 Å². The van der Waals surface area contributed by atoms with E-state index in [0.29, 0.717) is 5.75 Å². The number of esters is 1. The molecule has 5 heteroatoms. The average molecular weight is 334 g/mol. The van der Waals surface area contributed by atoms with Crippen molar-refractivity contribution < 1.29 is 24.1 Å². The van der Waals surface area contributed by atoms with Gasteiger partial charge in [0.15, 0.2) is 6.29 Å². The van der Waals surface area contributed by atoms with E-state index in [1.54, 1.807) is 12.1 Å². The predicted octanol–water partition coefficient (Wildman–Crippen LogP) is 3.53.